The summed E-state index contributed by atoms with van der Waals surface area (Å²) in [5, 5.41) is 14.6. The molecule has 0 bridgehead atoms. The van der Waals surface area contributed by atoms with Crippen molar-refractivity contribution < 1.29 is 19.5 Å². The number of carbonyl (C=O) groups is 3. The summed E-state index contributed by atoms with van der Waals surface area (Å²) in [7, 11) is 1.50. The van der Waals surface area contributed by atoms with E-state index in [9.17, 15) is 19.5 Å². The second kappa shape index (κ2) is 7.85. The molecule has 0 heterocycles. The molecule has 1 aliphatic rings. The fourth-order valence-electron chi connectivity index (χ4n) is 2.61. The second-order valence-electron chi connectivity index (χ2n) is 5.47. The fourth-order valence-corrected chi connectivity index (χ4v) is 2.61. The van der Waals surface area contributed by atoms with E-state index in [1.807, 2.05) is 6.92 Å². The zero-order valence-corrected chi connectivity index (χ0v) is 12.8. The van der Waals surface area contributed by atoms with Crippen molar-refractivity contribution >= 4 is 17.9 Å². The monoisotopic (exact) mass is 299 g/mol. The Labute approximate surface area is 125 Å². The van der Waals surface area contributed by atoms with Crippen LogP contribution in [0.5, 0.6) is 0 Å². The molecule has 1 fully saturated rings. The Morgan fingerprint density at radius 1 is 1.19 bits per heavy atom. The Kier molecular flexibility index (Phi) is 6.45. The van der Waals surface area contributed by atoms with Crippen LogP contribution in [0.25, 0.3) is 0 Å². The lowest BCUT2D eigenvalue weighted by Crippen LogP contribution is -2.59. The number of amides is 3. The summed E-state index contributed by atoms with van der Waals surface area (Å²) in [4.78, 5) is 36.7. The molecule has 7 nitrogen and oxygen atoms in total. The molecule has 1 rings (SSSR count). The highest BCUT2D eigenvalue weighted by molar-refractivity contribution is 5.88. The van der Waals surface area contributed by atoms with E-state index in [0.29, 0.717) is 25.8 Å². The molecular formula is C14H25N3O4. The molecule has 0 radical (unpaired) electrons. The number of carboxylic acid groups (broad SMARTS) is 1. The van der Waals surface area contributed by atoms with Gasteiger partial charge in [-0.05, 0) is 19.3 Å². The number of nitrogens with zero attached hydrogens (tertiary/aromatic N) is 1. The summed E-state index contributed by atoms with van der Waals surface area (Å²) in [5.74, 6) is -1.27. The van der Waals surface area contributed by atoms with E-state index < -0.39 is 17.5 Å². The summed E-state index contributed by atoms with van der Waals surface area (Å²) in [6.07, 6.45) is 4.14. The first kappa shape index (κ1) is 17.3. The number of hydrogen-bond acceptors (Lipinski definition) is 3. The van der Waals surface area contributed by atoms with Gasteiger partial charge in [0.25, 0.3) is 0 Å². The molecule has 3 N–H and O–H groups in total. The van der Waals surface area contributed by atoms with E-state index in [2.05, 4.69) is 10.6 Å². The van der Waals surface area contributed by atoms with E-state index in [-0.39, 0.29) is 12.5 Å². The van der Waals surface area contributed by atoms with Gasteiger partial charge in [0, 0.05) is 13.6 Å². The van der Waals surface area contributed by atoms with Gasteiger partial charge in [-0.15, -0.1) is 0 Å². The van der Waals surface area contributed by atoms with Gasteiger partial charge in [-0.25, -0.2) is 9.59 Å². The van der Waals surface area contributed by atoms with Crippen LogP contribution >= 0.6 is 0 Å². The first-order chi connectivity index (χ1) is 9.95. The lowest BCUT2D eigenvalue weighted by molar-refractivity contribution is -0.145. The zero-order valence-electron chi connectivity index (χ0n) is 12.8. The summed E-state index contributed by atoms with van der Waals surface area (Å²) in [6, 6.07) is -0.482. The molecule has 120 valence electrons. The van der Waals surface area contributed by atoms with Gasteiger partial charge in [-0.1, -0.05) is 26.2 Å². The summed E-state index contributed by atoms with van der Waals surface area (Å²) < 4.78 is 0. The van der Waals surface area contributed by atoms with E-state index in [4.69, 9.17) is 0 Å². The molecule has 0 aliphatic heterocycles. The minimum atomic E-state index is -1.19. The van der Waals surface area contributed by atoms with Crippen LogP contribution in [0.4, 0.5) is 4.79 Å². The molecule has 0 aromatic heterocycles. The molecule has 0 saturated heterocycles. The van der Waals surface area contributed by atoms with Crippen molar-refractivity contribution in [3.05, 3.63) is 0 Å². The standard InChI is InChI=1S/C14H25N3O4/c1-3-9-17(10-11(18)15-2)13(21)16-14(12(19)20)7-5-4-6-8-14/h3-10H2,1-2H3,(H,15,18)(H,16,21)(H,19,20). The topological polar surface area (TPSA) is 98.7 Å². The van der Waals surface area contributed by atoms with Gasteiger partial charge < -0.3 is 20.6 Å². The van der Waals surface area contributed by atoms with Crippen molar-refractivity contribution in [3.63, 3.8) is 0 Å². The molecule has 0 atom stereocenters. The molecule has 7 heteroatoms. The lowest BCUT2D eigenvalue weighted by Gasteiger charge is -2.36. The molecule has 1 aliphatic carbocycles. The van der Waals surface area contributed by atoms with Gasteiger partial charge in [-0.3, -0.25) is 4.79 Å². The van der Waals surface area contributed by atoms with E-state index in [1.54, 1.807) is 0 Å². The van der Waals surface area contributed by atoms with Crippen LogP contribution in [0.15, 0.2) is 0 Å². The van der Waals surface area contributed by atoms with Crippen LogP contribution in [0, 0.1) is 0 Å². The number of urea groups is 1. The van der Waals surface area contributed by atoms with Crippen LogP contribution in [-0.4, -0.2) is 53.6 Å². The quantitative estimate of drug-likeness (QED) is 0.679. The van der Waals surface area contributed by atoms with Gasteiger partial charge in [0.15, 0.2) is 0 Å². The second-order valence-corrected chi connectivity index (χ2v) is 5.47. The minimum absolute atomic E-state index is 0.0636. The maximum Gasteiger partial charge on any atom is 0.329 e. The van der Waals surface area contributed by atoms with Gasteiger partial charge >= 0.3 is 12.0 Å². The fraction of sp³-hybridized carbons (Fsp3) is 0.786. The third-order valence-electron chi connectivity index (χ3n) is 3.86. The van der Waals surface area contributed by atoms with E-state index in [0.717, 1.165) is 19.3 Å². The lowest BCUT2D eigenvalue weighted by atomic mass is 9.82. The molecule has 0 spiro atoms. The predicted octanol–water partition coefficient (Wildman–Crippen LogP) is 0.941. The van der Waals surface area contributed by atoms with Gasteiger partial charge in [0.05, 0.1) is 0 Å². The van der Waals surface area contributed by atoms with Crippen molar-refractivity contribution in [1.82, 2.24) is 15.5 Å². The SMILES string of the molecule is CCCN(CC(=O)NC)C(=O)NC1(C(=O)O)CCCCC1. The van der Waals surface area contributed by atoms with E-state index >= 15 is 0 Å². The van der Waals surface area contributed by atoms with Crippen molar-refractivity contribution in [2.75, 3.05) is 20.1 Å². The van der Waals surface area contributed by atoms with Gasteiger partial charge in [-0.2, -0.15) is 0 Å². The van der Waals surface area contributed by atoms with Crippen molar-refractivity contribution in [2.45, 2.75) is 51.0 Å². The van der Waals surface area contributed by atoms with Crippen LogP contribution in [0.1, 0.15) is 45.4 Å². The van der Waals surface area contributed by atoms with Crippen LogP contribution in [-0.2, 0) is 9.59 Å². The Bertz CT molecular complexity index is 392. The van der Waals surface area contributed by atoms with Crippen LogP contribution in [0.3, 0.4) is 0 Å². The van der Waals surface area contributed by atoms with Crippen LogP contribution in [0.2, 0.25) is 0 Å². The number of hydrogen-bond donors (Lipinski definition) is 3. The highest BCUT2D eigenvalue weighted by atomic mass is 16.4. The number of carboxylic acids is 1. The molecule has 1 saturated carbocycles. The van der Waals surface area contributed by atoms with Gasteiger partial charge in [0.2, 0.25) is 5.91 Å². The summed E-state index contributed by atoms with van der Waals surface area (Å²) >= 11 is 0. The number of likely N-dealkylation sites (N-methyl/N-ethyl adjacent to an activating group) is 1. The normalized spacial score (nSPS) is 16.9. The first-order valence-electron chi connectivity index (χ1n) is 7.46. The van der Waals surface area contributed by atoms with Crippen molar-refractivity contribution in [1.29, 1.82) is 0 Å². The third kappa shape index (κ3) is 4.61. The number of aliphatic carboxylic acids is 1. The third-order valence-corrected chi connectivity index (χ3v) is 3.86. The summed E-state index contributed by atoms with van der Waals surface area (Å²) in [5.41, 5.74) is -1.19. The highest BCUT2D eigenvalue weighted by Gasteiger charge is 2.41. The minimum Gasteiger partial charge on any atom is -0.480 e. The average molecular weight is 299 g/mol. The number of rotatable bonds is 6. The van der Waals surface area contributed by atoms with Crippen molar-refractivity contribution in [2.24, 2.45) is 0 Å². The largest absolute Gasteiger partial charge is 0.480 e. The predicted molar refractivity (Wildman–Crippen MR) is 77.9 cm³/mol. The molecule has 0 aromatic carbocycles. The number of carbonyl (C=O) groups excluding carboxylic acids is 2. The molecule has 0 aromatic rings. The Hall–Kier alpha value is -1.79. The molecule has 3 amide bonds. The van der Waals surface area contributed by atoms with Crippen molar-refractivity contribution in [3.8, 4) is 0 Å². The Balaban J connectivity index is 2.77. The van der Waals surface area contributed by atoms with Crippen LogP contribution < -0.4 is 10.6 Å². The first-order valence-corrected chi connectivity index (χ1v) is 7.46. The molecular weight excluding hydrogens is 274 g/mol. The zero-order chi connectivity index (χ0) is 15.9. The maximum atomic E-state index is 12.3. The van der Waals surface area contributed by atoms with E-state index in [1.165, 1.54) is 11.9 Å². The molecule has 21 heavy (non-hydrogen) atoms. The Morgan fingerprint density at radius 2 is 1.81 bits per heavy atom. The Morgan fingerprint density at radius 3 is 2.29 bits per heavy atom. The molecule has 0 unspecified atom stereocenters. The average Bonchev–Trinajstić information content (AvgIpc) is 2.47. The summed E-state index contributed by atoms with van der Waals surface area (Å²) in [6.45, 7) is 2.25. The number of nitrogens with one attached hydrogen (secondary N) is 2. The highest BCUT2D eigenvalue weighted by Crippen LogP contribution is 2.28. The maximum absolute atomic E-state index is 12.3. The van der Waals surface area contributed by atoms with Gasteiger partial charge in [0.1, 0.15) is 12.1 Å². The smallest absolute Gasteiger partial charge is 0.329 e.